The molecule has 12 heteroatoms. The Labute approximate surface area is 272 Å². The number of anilines is 1. The Hall–Kier alpha value is -3.90. The fraction of sp³-hybridized carbons (Fsp3) is 0.0909. The molecule has 0 saturated carbocycles. The molecule has 0 unspecified atom stereocenters. The highest BCUT2D eigenvalue weighted by Gasteiger charge is 2.29. The van der Waals surface area contributed by atoms with Gasteiger partial charge in [0, 0.05) is 30.3 Å². The fourth-order valence-corrected chi connectivity index (χ4v) is 7.87. The molecule has 0 atom stereocenters. The number of aromatic hydroxyl groups is 1. The SMILES string of the molecule is Nc1ccc(S(=O)(=O)NCc2cccc(CN(Cc3ccc(-c4ccccc4)cc3)S(=O)(=O)c3cc(Cl)cc(Cl)c3O)c2)cc1. The molecule has 0 saturated heterocycles. The zero-order valence-corrected chi connectivity index (χ0v) is 26.9. The largest absolute Gasteiger partial charge is 0.505 e. The predicted octanol–water partition coefficient (Wildman–Crippen LogP) is 6.82. The first-order chi connectivity index (χ1) is 21.4. The van der Waals surface area contributed by atoms with Gasteiger partial charge < -0.3 is 10.8 Å². The van der Waals surface area contributed by atoms with Crippen LogP contribution < -0.4 is 10.5 Å². The van der Waals surface area contributed by atoms with Crippen LogP contribution in [-0.2, 0) is 39.7 Å². The molecule has 0 heterocycles. The summed E-state index contributed by atoms with van der Waals surface area (Å²) in [6.07, 6.45) is 0. The maximum absolute atomic E-state index is 14.0. The van der Waals surface area contributed by atoms with Crippen LogP contribution in [-0.4, -0.2) is 26.2 Å². The van der Waals surface area contributed by atoms with Gasteiger partial charge in [0.2, 0.25) is 20.0 Å². The van der Waals surface area contributed by atoms with E-state index >= 15 is 0 Å². The number of phenols is 1. The number of nitrogens with two attached hydrogens (primary N) is 1. The molecule has 5 aromatic rings. The summed E-state index contributed by atoms with van der Waals surface area (Å²) in [5.74, 6) is -0.601. The molecule has 0 aromatic heterocycles. The Morgan fingerprint density at radius 3 is 2.00 bits per heavy atom. The number of nitrogens with one attached hydrogen (secondary N) is 1. The summed E-state index contributed by atoms with van der Waals surface area (Å²) in [4.78, 5) is -0.350. The molecule has 0 radical (unpaired) electrons. The van der Waals surface area contributed by atoms with E-state index in [2.05, 4.69) is 4.72 Å². The first-order valence-electron chi connectivity index (χ1n) is 13.7. The molecule has 4 N–H and O–H groups in total. The zero-order chi connectivity index (χ0) is 32.2. The van der Waals surface area contributed by atoms with Gasteiger partial charge in [-0.05, 0) is 64.2 Å². The van der Waals surface area contributed by atoms with E-state index in [1.165, 1.54) is 34.6 Å². The summed E-state index contributed by atoms with van der Waals surface area (Å²) in [6.45, 7) is -0.154. The van der Waals surface area contributed by atoms with Gasteiger partial charge in [-0.3, -0.25) is 0 Å². The molecular weight excluding hydrogens is 653 g/mol. The summed E-state index contributed by atoms with van der Waals surface area (Å²) in [5, 5.41) is 10.5. The molecule has 0 fully saturated rings. The third kappa shape index (κ3) is 7.85. The molecule has 45 heavy (non-hydrogen) atoms. The first kappa shape index (κ1) is 32.5. The van der Waals surface area contributed by atoms with Gasteiger partial charge >= 0.3 is 0 Å². The summed E-state index contributed by atoms with van der Waals surface area (Å²) < 4.78 is 57.4. The van der Waals surface area contributed by atoms with Gasteiger partial charge in [0.1, 0.15) is 4.90 Å². The Morgan fingerprint density at radius 1 is 0.689 bits per heavy atom. The molecule has 5 aromatic carbocycles. The zero-order valence-electron chi connectivity index (χ0n) is 23.8. The van der Waals surface area contributed by atoms with Crippen LogP contribution in [0, 0.1) is 0 Å². The number of phenolic OH excluding ortho intramolecular Hbond substituents is 1. The van der Waals surface area contributed by atoms with Crippen molar-refractivity contribution >= 4 is 48.9 Å². The smallest absolute Gasteiger partial charge is 0.247 e. The second kappa shape index (κ2) is 13.6. The molecular formula is C33H29Cl2N3O5S2. The van der Waals surface area contributed by atoms with Crippen molar-refractivity contribution in [3.05, 3.63) is 142 Å². The Balaban J connectivity index is 1.43. The van der Waals surface area contributed by atoms with Crippen LogP contribution >= 0.6 is 23.2 Å². The molecule has 5 rings (SSSR count). The van der Waals surface area contributed by atoms with Gasteiger partial charge in [0.25, 0.3) is 0 Å². The third-order valence-electron chi connectivity index (χ3n) is 7.04. The average Bonchev–Trinajstić information content (AvgIpc) is 3.02. The van der Waals surface area contributed by atoms with Crippen molar-refractivity contribution in [2.45, 2.75) is 29.4 Å². The van der Waals surface area contributed by atoms with E-state index < -0.39 is 30.7 Å². The minimum absolute atomic E-state index is 0.0288. The van der Waals surface area contributed by atoms with Crippen molar-refractivity contribution in [2.75, 3.05) is 5.73 Å². The molecule has 0 aliphatic heterocycles. The normalized spacial score (nSPS) is 12.0. The summed E-state index contributed by atoms with van der Waals surface area (Å²) in [6, 6.07) is 32.5. The second-order valence-electron chi connectivity index (χ2n) is 10.3. The van der Waals surface area contributed by atoms with Crippen LogP contribution in [0.2, 0.25) is 10.0 Å². The number of nitrogen functional groups attached to an aromatic ring is 1. The van der Waals surface area contributed by atoms with E-state index in [1.807, 2.05) is 54.6 Å². The Kier molecular flexibility index (Phi) is 9.83. The number of halogens is 2. The minimum atomic E-state index is -4.33. The van der Waals surface area contributed by atoms with Crippen LogP contribution in [0.25, 0.3) is 11.1 Å². The molecule has 0 aliphatic carbocycles. The lowest BCUT2D eigenvalue weighted by molar-refractivity contribution is 0.394. The molecule has 0 aliphatic rings. The van der Waals surface area contributed by atoms with Gasteiger partial charge in [0.05, 0.1) is 9.92 Å². The molecule has 8 nitrogen and oxygen atoms in total. The number of nitrogens with zero attached hydrogens (tertiary/aromatic N) is 1. The van der Waals surface area contributed by atoms with Crippen LogP contribution in [0.3, 0.4) is 0 Å². The number of hydrogen-bond acceptors (Lipinski definition) is 6. The Bertz CT molecular complexity index is 2020. The monoisotopic (exact) mass is 681 g/mol. The van der Waals surface area contributed by atoms with E-state index in [4.69, 9.17) is 28.9 Å². The van der Waals surface area contributed by atoms with E-state index in [0.717, 1.165) is 17.2 Å². The van der Waals surface area contributed by atoms with Crippen LogP contribution in [0.5, 0.6) is 5.75 Å². The van der Waals surface area contributed by atoms with Gasteiger partial charge in [-0.15, -0.1) is 0 Å². The van der Waals surface area contributed by atoms with E-state index in [1.54, 1.807) is 24.3 Å². The number of sulfonamides is 2. The van der Waals surface area contributed by atoms with Crippen molar-refractivity contribution in [2.24, 2.45) is 0 Å². The summed E-state index contributed by atoms with van der Waals surface area (Å²) in [5.41, 5.74) is 10.0. The van der Waals surface area contributed by atoms with Crippen molar-refractivity contribution in [1.29, 1.82) is 0 Å². The van der Waals surface area contributed by atoms with Crippen LogP contribution in [0.1, 0.15) is 16.7 Å². The highest BCUT2D eigenvalue weighted by atomic mass is 35.5. The number of rotatable bonds is 11. The van der Waals surface area contributed by atoms with Gasteiger partial charge in [-0.25, -0.2) is 21.6 Å². The summed E-state index contributed by atoms with van der Waals surface area (Å²) in [7, 11) is -8.14. The topological polar surface area (TPSA) is 130 Å². The fourth-order valence-electron chi connectivity index (χ4n) is 4.69. The van der Waals surface area contributed by atoms with Crippen molar-refractivity contribution in [3.8, 4) is 16.9 Å². The Morgan fingerprint density at radius 2 is 1.31 bits per heavy atom. The molecule has 0 amide bonds. The molecule has 0 spiro atoms. The first-order valence-corrected chi connectivity index (χ1v) is 17.4. The quantitative estimate of drug-likeness (QED) is 0.131. The number of benzene rings is 5. The van der Waals surface area contributed by atoms with Crippen LogP contribution in [0.15, 0.2) is 125 Å². The van der Waals surface area contributed by atoms with Crippen LogP contribution in [0.4, 0.5) is 5.69 Å². The van der Waals surface area contributed by atoms with Crippen molar-refractivity contribution in [3.63, 3.8) is 0 Å². The van der Waals surface area contributed by atoms with Gasteiger partial charge in [-0.2, -0.15) is 4.31 Å². The van der Waals surface area contributed by atoms with Crippen molar-refractivity contribution in [1.82, 2.24) is 9.03 Å². The third-order valence-corrected chi connectivity index (χ3v) is 10.8. The summed E-state index contributed by atoms with van der Waals surface area (Å²) >= 11 is 12.2. The maximum Gasteiger partial charge on any atom is 0.247 e. The van der Waals surface area contributed by atoms with Gasteiger partial charge in [-0.1, -0.05) is 102 Å². The minimum Gasteiger partial charge on any atom is -0.505 e. The lowest BCUT2D eigenvalue weighted by atomic mass is 10.0. The van der Waals surface area contributed by atoms with E-state index in [-0.39, 0.29) is 34.6 Å². The lowest BCUT2D eigenvalue weighted by Crippen LogP contribution is -2.30. The highest BCUT2D eigenvalue weighted by Crippen LogP contribution is 2.36. The molecule has 0 bridgehead atoms. The van der Waals surface area contributed by atoms with Crippen molar-refractivity contribution < 1.29 is 21.9 Å². The van der Waals surface area contributed by atoms with Gasteiger partial charge in [0.15, 0.2) is 5.75 Å². The lowest BCUT2D eigenvalue weighted by Gasteiger charge is -2.24. The second-order valence-corrected chi connectivity index (χ2v) is 14.8. The maximum atomic E-state index is 14.0. The molecule has 232 valence electrons. The van der Waals surface area contributed by atoms with E-state index in [0.29, 0.717) is 22.4 Å². The average molecular weight is 683 g/mol. The number of hydrogen-bond donors (Lipinski definition) is 3. The predicted molar refractivity (Wildman–Crippen MR) is 178 cm³/mol. The standard InChI is InChI=1S/C33H29Cl2N3O5S2/c34-28-18-31(35)33(39)32(19-28)45(42,43)38(21-23-9-11-27(12-10-23)26-7-2-1-3-8-26)22-25-6-4-5-24(17-25)20-37-44(40,41)30-15-13-29(36)14-16-30/h1-19,37,39H,20-22,36H2. The van der Waals surface area contributed by atoms with E-state index in [9.17, 15) is 21.9 Å². The highest BCUT2D eigenvalue weighted by molar-refractivity contribution is 7.89.